The molecule has 0 saturated carbocycles. The molecule has 16 heavy (non-hydrogen) atoms. The van der Waals surface area contributed by atoms with Crippen molar-refractivity contribution in [3.63, 3.8) is 0 Å². The standard InChI is InChI=1S/C9H9N3O4/c1-2-15-9(13)10-6-4-3-5-7-8(6)11-16-12(7)14/h3-5H,2H2,1H3,(H,10,13). The molecular formula is C9H9N3O4. The maximum atomic E-state index is 11.2. The minimum absolute atomic E-state index is 0.245. The number of hydrogen-bond donors (Lipinski definition) is 1. The maximum absolute atomic E-state index is 11.2. The first-order chi connectivity index (χ1) is 7.72. The number of nitrogens with one attached hydrogen (secondary N) is 1. The van der Waals surface area contributed by atoms with Crippen molar-refractivity contribution in [2.75, 3.05) is 11.9 Å². The van der Waals surface area contributed by atoms with E-state index in [0.29, 0.717) is 5.69 Å². The summed E-state index contributed by atoms with van der Waals surface area (Å²) in [7, 11) is 0. The van der Waals surface area contributed by atoms with Crippen LogP contribution >= 0.6 is 0 Å². The van der Waals surface area contributed by atoms with Crippen LogP contribution < -0.4 is 10.2 Å². The fraction of sp³-hybridized carbons (Fsp3) is 0.222. The van der Waals surface area contributed by atoms with E-state index >= 15 is 0 Å². The zero-order valence-corrected chi connectivity index (χ0v) is 8.47. The van der Waals surface area contributed by atoms with Crippen LogP contribution in [-0.2, 0) is 4.74 Å². The van der Waals surface area contributed by atoms with Crippen LogP contribution in [0.1, 0.15) is 6.92 Å². The van der Waals surface area contributed by atoms with Gasteiger partial charge in [0.15, 0.2) is 0 Å². The number of benzene rings is 1. The Hall–Kier alpha value is -2.31. The van der Waals surface area contributed by atoms with Gasteiger partial charge in [-0.1, -0.05) is 6.07 Å². The molecule has 2 aromatic rings. The average Bonchev–Trinajstić information content (AvgIpc) is 2.62. The highest BCUT2D eigenvalue weighted by Crippen LogP contribution is 2.18. The molecule has 0 bridgehead atoms. The number of nitrogens with zero attached hydrogens (tertiary/aromatic N) is 2. The quantitative estimate of drug-likeness (QED) is 0.767. The Morgan fingerprint density at radius 2 is 2.50 bits per heavy atom. The highest BCUT2D eigenvalue weighted by atomic mass is 16.8. The summed E-state index contributed by atoms with van der Waals surface area (Å²) in [5.41, 5.74) is 0.897. The minimum Gasteiger partial charge on any atom is -0.450 e. The summed E-state index contributed by atoms with van der Waals surface area (Å²) in [5, 5.41) is 17.1. The molecule has 0 aliphatic carbocycles. The molecule has 0 saturated heterocycles. The smallest absolute Gasteiger partial charge is 0.411 e. The lowest BCUT2D eigenvalue weighted by molar-refractivity contribution is -0.782. The number of fused-ring (bicyclic) bond motifs is 1. The Morgan fingerprint density at radius 3 is 3.25 bits per heavy atom. The van der Waals surface area contributed by atoms with Crippen LogP contribution in [0.3, 0.4) is 0 Å². The van der Waals surface area contributed by atoms with Crippen LogP contribution in [0.5, 0.6) is 0 Å². The number of carbonyl (C=O) groups is 1. The van der Waals surface area contributed by atoms with Crippen molar-refractivity contribution in [3.05, 3.63) is 23.4 Å². The van der Waals surface area contributed by atoms with Crippen LogP contribution in [-0.4, -0.2) is 17.9 Å². The van der Waals surface area contributed by atoms with E-state index in [9.17, 15) is 10.0 Å². The fourth-order valence-corrected chi connectivity index (χ4v) is 1.27. The van der Waals surface area contributed by atoms with E-state index in [1.54, 1.807) is 19.1 Å². The van der Waals surface area contributed by atoms with Gasteiger partial charge in [0.25, 0.3) is 5.52 Å². The Bertz CT molecular complexity index is 522. The van der Waals surface area contributed by atoms with Gasteiger partial charge in [-0.25, -0.2) is 4.79 Å². The van der Waals surface area contributed by atoms with E-state index in [1.807, 2.05) is 0 Å². The highest BCUT2D eigenvalue weighted by molar-refractivity contribution is 5.95. The lowest BCUT2D eigenvalue weighted by atomic mass is 10.2. The normalized spacial score (nSPS) is 10.3. The Balaban J connectivity index is 2.34. The average molecular weight is 223 g/mol. The SMILES string of the molecule is CCOC(=O)Nc1cccc2c1no[n+]2[O-]. The zero-order chi connectivity index (χ0) is 11.5. The molecule has 1 heterocycles. The molecule has 7 nitrogen and oxygen atoms in total. The lowest BCUT2D eigenvalue weighted by Crippen LogP contribution is -2.22. The third kappa shape index (κ3) is 1.74. The number of anilines is 1. The molecule has 0 atom stereocenters. The van der Waals surface area contributed by atoms with Gasteiger partial charge in [0.2, 0.25) is 5.52 Å². The van der Waals surface area contributed by atoms with Gasteiger partial charge in [0.1, 0.15) is 5.69 Å². The van der Waals surface area contributed by atoms with Crippen molar-refractivity contribution in [2.45, 2.75) is 6.92 Å². The lowest BCUT2D eigenvalue weighted by Gasteiger charge is -2.02. The predicted octanol–water partition coefficient (Wildman–Crippen LogP) is 1.03. The van der Waals surface area contributed by atoms with E-state index in [2.05, 4.69) is 15.1 Å². The van der Waals surface area contributed by atoms with Crippen LogP contribution in [0.4, 0.5) is 10.5 Å². The van der Waals surface area contributed by atoms with E-state index in [4.69, 9.17) is 4.74 Å². The molecule has 0 fully saturated rings. The maximum Gasteiger partial charge on any atom is 0.411 e. The van der Waals surface area contributed by atoms with Crippen molar-refractivity contribution in [2.24, 2.45) is 0 Å². The fourth-order valence-electron chi connectivity index (χ4n) is 1.27. The number of rotatable bonds is 2. The molecule has 0 aliphatic rings. The van der Waals surface area contributed by atoms with E-state index < -0.39 is 6.09 Å². The second kappa shape index (κ2) is 4.05. The zero-order valence-electron chi connectivity index (χ0n) is 8.47. The summed E-state index contributed by atoms with van der Waals surface area (Å²) in [4.78, 5) is 11.5. The minimum atomic E-state index is -0.601. The number of hydrogen-bond acceptors (Lipinski definition) is 5. The summed E-state index contributed by atoms with van der Waals surface area (Å²) >= 11 is 0. The molecule has 7 heteroatoms. The van der Waals surface area contributed by atoms with Crippen molar-refractivity contribution in [3.8, 4) is 0 Å². The highest BCUT2D eigenvalue weighted by Gasteiger charge is 2.15. The molecule has 1 aromatic carbocycles. The van der Waals surface area contributed by atoms with Crippen LogP contribution in [0.25, 0.3) is 11.0 Å². The molecule has 0 radical (unpaired) electrons. The van der Waals surface area contributed by atoms with E-state index in [-0.39, 0.29) is 22.5 Å². The van der Waals surface area contributed by atoms with E-state index in [0.717, 1.165) is 0 Å². The summed E-state index contributed by atoms with van der Waals surface area (Å²) < 4.78 is 9.12. The van der Waals surface area contributed by atoms with Gasteiger partial charge in [-0.15, -0.1) is 0 Å². The van der Waals surface area contributed by atoms with Gasteiger partial charge in [0.05, 0.1) is 6.61 Å². The first-order valence-electron chi connectivity index (χ1n) is 4.64. The molecule has 1 amide bonds. The van der Waals surface area contributed by atoms with Crippen LogP contribution in [0, 0.1) is 5.21 Å². The summed E-state index contributed by atoms with van der Waals surface area (Å²) in [6, 6.07) is 4.74. The van der Waals surface area contributed by atoms with E-state index in [1.165, 1.54) is 6.07 Å². The molecule has 0 aliphatic heterocycles. The molecule has 1 aromatic heterocycles. The second-order valence-electron chi connectivity index (χ2n) is 2.95. The van der Waals surface area contributed by atoms with Crippen molar-refractivity contribution in [1.29, 1.82) is 0 Å². The number of aromatic nitrogens is 2. The topological polar surface area (TPSA) is 91.3 Å². The number of amides is 1. The first kappa shape index (κ1) is 10.2. The van der Waals surface area contributed by atoms with Gasteiger partial charge >= 0.3 is 6.09 Å². The molecule has 0 spiro atoms. The van der Waals surface area contributed by atoms with Gasteiger partial charge < -0.3 is 9.94 Å². The summed E-state index contributed by atoms with van der Waals surface area (Å²) in [6.07, 6.45) is -0.601. The Morgan fingerprint density at radius 1 is 1.69 bits per heavy atom. The second-order valence-corrected chi connectivity index (χ2v) is 2.95. The Labute approximate surface area is 90.1 Å². The largest absolute Gasteiger partial charge is 0.450 e. The van der Waals surface area contributed by atoms with Gasteiger partial charge in [0, 0.05) is 5.16 Å². The van der Waals surface area contributed by atoms with Gasteiger partial charge in [-0.2, -0.15) is 0 Å². The Kier molecular flexibility index (Phi) is 2.59. The van der Waals surface area contributed by atoms with Crippen molar-refractivity contribution in [1.82, 2.24) is 5.16 Å². The molecule has 84 valence electrons. The molecule has 1 N–H and O–H groups in total. The first-order valence-corrected chi connectivity index (χ1v) is 4.64. The number of ether oxygens (including phenoxy) is 1. The van der Waals surface area contributed by atoms with Gasteiger partial charge in [-0.05, 0) is 24.0 Å². The van der Waals surface area contributed by atoms with Gasteiger partial charge in [-0.3, -0.25) is 9.95 Å². The predicted molar refractivity (Wildman–Crippen MR) is 53.6 cm³/mol. The number of carbonyl (C=O) groups excluding carboxylic acids is 1. The molecular weight excluding hydrogens is 214 g/mol. The summed E-state index contributed by atoms with van der Waals surface area (Å²) in [6.45, 7) is 1.96. The summed E-state index contributed by atoms with van der Waals surface area (Å²) in [5.74, 6) is 0. The molecule has 2 rings (SSSR count). The van der Waals surface area contributed by atoms with Crippen LogP contribution in [0.15, 0.2) is 22.8 Å². The molecule has 0 unspecified atom stereocenters. The third-order valence-electron chi connectivity index (χ3n) is 1.93. The van der Waals surface area contributed by atoms with Crippen molar-refractivity contribution >= 4 is 22.8 Å². The van der Waals surface area contributed by atoms with Crippen molar-refractivity contribution < 1.29 is 19.1 Å². The monoisotopic (exact) mass is 223 g/mol. The third-order valence-corrected chi connectivity index (χ3v) is 1.93. The van der Waals surface area contributed by atoms with Crippen LogP contribution in [0.2, 0.25) is 0 Å².